The van der Waals surface area contributed by atoms with Gasteiger partial charge in [-0.3, -0.25) is 9.59 Å². The van der Waals surface area contributed by atoms with Crippen LogP contribution in [0, 0.1) is 55.4 Å². The van der Waals surface area contributed by atoms with Gasteiger partial charge in [0.05, 0.1) is 38.6 Å². The van der Waals surface area contributed by atoms with E-state index < -0.39 is 0 Å². The largest absolute Gasteiger partial charge is 0.309 e. The first-order chi connectivity index (χ1) is 29.0. The van der Waals surface area contributed by atoms with Crippen molar-refractivity contribution in [1.82, 2.24) is 13.5 Å². The topological polar surface area (TPSA) is 48.4 Å². The number of hydrogen-bond acceptors (Lipinski definition) is 2. The van der Waals surface area contributed by atoms with Crippen LogP contribution in [-0.2, 0) is 5.41 Å². The molecule has 0 bridgehead atoms. The Balaban J connectivity index is 1.28. The van der Waals surface area contributed by atoms with Gasteiger partial charge in [-0.25, -0.2) is 0 Å². The second-order valence-corrected chi connectivity index (χ2v) is 19.1. The van der Waals surface area contributed by atoms with E-state index in [-0.39, 0.29) is 16.3 Å². The molecule has 5 nitrogen and oxygen atoms in total. The van der Waals surface area contributed by atoms with Crippen LogP contribution < -0.4 is 10.9 Å². The molecular weight excluding hydrogens is 747 g/mol. The Kier molecular flexibility index (Phi) is 7.59. The van der Waals surface area contributed by atoms with Gasteiger partial charge >= 0.3 is 0 Å². The van der Waals surface area contributed by atoms with Crippen molar-refractivity contribution in [2.45, 2.75) is 81.6 Å². The summed E-state index contributed by atoms with van der Waals surface area (Å²) in [5.41, 5.74) is 18.9. The molecule has 0 aliphatic carbocycles. The van der Waals surface area contributed by atoms with Gasteiger partial charge in [-0.2, -0.15) is 0 Å². The first-order valence-corrected chi connectivity index (χ1v) is 21.4. The summed E-state index contributed by atoms with van der Waals surface area (Å²) in [7, 11) is 0. The van der Waals surface area contributed by atoms with E-state index in [0.717, 1.165) is 50.0 Å². The molecule has 0 unspecified atom stereocenters. The highest BCUT2D eigenvalue weighted by Gasteiger charge is 2.25. The van der Waals surface area contributed by atoms with Crippen molar-refractivity contribution in [2.75, 3.05) is 0 Å². The molecule has 300 valence electrons. The van der Waals surface area contributed by atoms with Gasteiger partial charge in [0.25, 0.3) is 0 Å². The number of benzene rings is 7. The summed E-state index contributed by atoms with van der Waals surface area (Å²) in [5, 5.41) is 7.23. The fraction of sp³-hybridized carbons (Fsp3) is 0.214. The molecule has 0 fully saturated rings. The molecule has 7 aromatic carbocycles. The quantitative estimate of drug-likeness (QED) is 0.129. The Morgan fingerprint density at radius 3 is 1.00 bits per heavy atom. The molecule has 61 heavy (non-hydrogen) atoms. The maximum absolute atomic E-state index is 15.1. The third kappa shape index (κ3) is 5.13. The average Bonchev–Trinajstić information content (AvgIpc) is 3.70. The predicted octanol–water partition coefficient (Wildman–Crippen LogP) is 13.5. The number of rotatable bonds is 2. The number of fused-ring (bicyclic) bond motifs is 10. The molecule has 0 aliphatic rings. The van der Waals surface area contributed by atoms with Crippen LogP contribution in [0.3, 0.4) is 0 Å². The Bertz CT molecular complexity index is 3550. The van der Waals surface area contributed by atoms with Crippen LogP contribution in [0.25, 0.3) is 93.1 Å². The Morgan fingerprint density at radius 1 is 0.361 bits per heavy atom. The van der Waals surface area contributed by atoms with E-state index in [2.05, 4.69) is 175 Å². The molecule has 0 aliphatic heterocycles. The fourth-order valence-electron chi connectivity index (χ4n) is 11.0. The highest BCUT2D eigenvalue weighted by molar-refractivity contribution is 6.14. The molecule has 11 rings (SSSR count). The number of hydrogen-bond donors (Lipinski definition) is 0. The van der Waals surface area contributed by atoms with Crippen molar-refractivity contribution in [2.24, 2.45) is 0 Å². The van der Waals surface area contributed by atoms with E-state index in [0.29, 0.717) is 27.1 Å². The summed E-state index contributed by atoms with van der Waals surface area (Å²) in [6.45, 7) is 23.8. The van der Waals surface area contributed by atoms with Crippen molar-refractivity contribution in [3.05, 3.63) is 168 Å². The maximum Gasteiger partial charge on any atom is 0.197 e. The van der Waals surface area contributed by atoms with E-state index in [1.807, 2.05) is 12.1 Å². The van der Waals surface area contributed by atoms with Gasteiger partial charge in [0.2, 0.25) is 0 Å². The van der Waals surface area contributed by atoms with Gasteiger partial charge in [0.15, 0.2) is 10.9 Å². The van der Waals surface area contributed by atoms with Crippen LogP contribution in [0.2, 0.25) is 0 Å². The number of nitrogens with zero attached hydrogens (tertiary/aromatic N) is 3. The van der Waals surface area contributed by atoms with E-state index in [1.165, 1.54) is 66.1 Å². The van der Waals surface area contributed by atoms with Gasteiger partial charge < -0.3 is 13.5 Å². The highest BCUT2D eigenvalue weighted by Crippen LogP contribution is 2.41. The van der Waals surface area contributed by atoms with Gasteiger partial charge in [-0.15, -0.1) is 0 Å². The summed E-state index contributed by atoms with van der Waals surface area (Å²) < 4.78 is 6.89. The van der Waals surface area contributed by atoms with E-state index in [4.69, 9.17) is 0 Å². The van der Waals surface area contributed by atoms with Crippen LogP contribution >= 0.6 is 0 Å². The lowest BCUT2D eigenvalue weighted by molar-refractivity contribution is 0.591. The monoisotopic (exact) mass is 795 g/mol. The molecule has 0 saturated carbocycles. The van der Waals surface area contributed by atoms with Gasteiger partial charge in [0.1, 0.15) is 0 Å². The minimum Gasteiger partial charge on any atom is -0.309 e. The molecule has 4 aromatic heterocycles. The van der Waals surface area contributed by atoms with E-state index in [9.17, 15) is 0 Å². The number of aromatic nitrogens is 3. The number of pyridine rings is 2. The van der Waals surface area contributed by atoms with Crippen LogP contribution in [0.5, 0.6) is 0 Å². The molecule has 0 saturated heterocycles. The van der Waals surface area contributed by atoms with Crippen molar-refractivity contribution < 1.29 is 0 Å². The second kappa shape index (κ2) is 12.4. The molecule has 11 aromatic rings. The maximum atomic E-state index is 15.1. The lowest BCUT2D eigenvalue weighted by Crippen LogP contribution is -2.18. The van der Waals surface area contributed by atoms with Gasteiger partial charge in [0, 0.05) is 54.5 Å². The van der Waals surface area contributed by atoms with Crippen molar-refractivity contribution in [3.63, 3.8) is 0 Å². The first-order valence-electron chi connectivity index (χ1n) is 21.4. The zero-order valence-corrected chi connectivity index (χ0v) is 36.9. The standard InChI is InChI=1S/C56H49N3O2/c1-28-16-32(5)49-39(20-28)40-21-29(2)17-33(6)50(40)57(49)37-12-14-47-43(26-37)54(60)45-24-36(56(9,10)11)25-46-53(45)59(47)48-15-13-38(27-44(48)55(46)61)58-51-34(7)18-30(3)22-41(51)42-23-31(4)19-35(8)52(42)58/h12-27H,1-11H3. The second-order valence-electron chi connectivity index (χ2n) is 19.1. The molecular formula is C56H49N3O2. The molecule has 4 heterocycles. The van der Waals surface area contributed by atoms with Crippen LogP contribution in [-0.4, -0.2) is 13.5 Å². The van der Waals surface area contributed by atoms with Gasteiger partial charge in [-0.1, -0.05) is 67.3 Å². The van der Waals surface area contributed by atoms with Crippen LogP contribution in [0.1, 0.15) is 70.8 Å². The smallest absolute Gasteiger partial charge is 0.197 e. The van der Waals surface area contributed by atoms with E-state index in [1.54, 1.807) is 0 Å². The third-order valence-corrected chi connectivity index (χ3v) is 13.4. The minimum atomic E-state index is -0.302. The SMILES string of the molecule is Cc1cc(C)c2c(c1)c1cc(C)cc(C)c1n2-c1ccc2c(c1)c(=O)c1cc(C(C)(C)C)cc3c(=O)c4cc(-n5c6c(C)cc(C)cc6c6cc(C)cc(C)c65)ccc4n2c13. The lowest BCUT2D eigenvalue weighted by Gasteiger charge is -2.22. The molecule has 0 radical (unpaired) electrons. The van der Waals surface area contributed by atoms with E-state index >= 15 is 9.59 Å². The fourth-order valence-corrected chi connectivity index (χ4v) is 11.0. The van der Waals surface area contributed by atoms with Crippen molar-refractivity contribution in [3.8, 4) is 11.4 Å². The zero-order chi connectivity index (χ0) is 42.7. The zero-order valence-electron chi connectivity index (χ0n) is 36.9. The minimum absolute atomic E-state index is 0.0639. The molecule has 5 heteroatoms. The molecule has 0 amide bonds. The summed E-state index contributed by atoms with van der Waals surface area (Å²) in [4.78, 5) is 30.3. The van der Waals surface area contributed by atoms with Crippen LogP contribution in [0.15, 0.2) is 107 Å². The Hall–Kier alpha value is -6.72. The average molecular weight is 796 g/mol. The summed E-state index contributed by atoms with van der Waals surface area (Å²) >= 11 is 0. The lowest BCUT2D eigenvalue weighted by atomic mass is 9.85. The Morgan fingerprint density at radius 2 is 0.689 bits per heavy atom. The highest BCUT2D eigenvalue weighted by atomic mass is 16.1. The van der Waals surface area contributed by atoms with Crippen molar-refractivity contribution in [1.29, 1.82) is 0 Å². The Labute approximate surface area is 354 Å². The molecule has 0 atom stereocenters. The third-order valence-electron chi connectivity index (χ3n) is 13.4. The predicted molar refractivity (Wildman–Crippen MR) is 259 cm³/mol. The summed E-state index contributed by atoms with van der Waals surface area (Å²) in [5.74, 6) is 0. The normalized spacial score (nSPS) is 12.6. The van der Waals surface area contributed by atoms with Gasteiger partial charge in [-0.05, 0) is 161 Å². The van der Waals surface area contributed by atoms with Crippen molar-refractivity contribution >= 4 is 81.7 Å². The summed E-state index contributed by atoms with van der Waals surface area (Å²) in [6, 6.07) is 34.8. The number of aryl methyl sites for hydroxylation is 8. The van der Waals surface area contributed by atoms with Crippen LogP contribution in [0.4, 0.5) is 0 Å². The first kappa shape index (κ1) is 37.3. The molecule has 0 N–H and O–H groups in total. The molecule has 0 spiro atoms. The summed E-state index contributed by atoms with van der Waals surface area (Å²) in [6.07, 6.45) is 0.